The van der Waals surface area contributed by atoms with Crippen LogP contribution in [-0.4, -0.2) is 32.3 Å². The van der Waals surface area contributed by atoms with Gasteiger partial charge in [0.2, 0.25) is 11.7 Å². The van der Waals surface area contributed by atoms with Crippen LogP contribution in [0, 0.1) is 0 Å². The molecule has 3 rings (SSSR count). The number of ether oxygens (including phenoxy) is 3. The molecule has 0 atom stereocenters. The number of aromatic hydroxyl groups is 1. The van der Waals surface area contributed by atoms with Crippen LogP contribution in [0.3, 0.4) is 0 Å². The van der Waals surface area contributed by atoms with Crippen LogP contribution < -0.4 is 19.5 Å². The van der Waals surface area contributed by atoms with Crippen molar-refractivity contribution in [3.8, 4) is 23.0 Å². The Labute approximate surface area is 187 Å². The van der Waals surface area contributed by atoms with Gasteiger partial charge in [-0.2, -0.15) is 0 Å². The van der Waals surface area contributed by atoms with E-state index in [2.05, 4.69) is 5.32 Å². The average molecular weight is 431 g/mol. The first-order chi connectivity index (χ1) is 15.5. The number of rotatable bonds is 8. The Morgan fingerprint density at radius 3 is 2.06 bits per heavy atom. The average Bonchev–Trinajstić information content (AvgIpc) is 2.81. The summed E-state index contributed by atoms with van der Waals surface area (Å²) in [5.74, 6) is 1.63. The van der Waals surface area contributed by atoms with Gasteiger partial charge in [0.25, 0.3) is 0 Å². The minimum atomic E-state index is -0.246. The second-order valence-corrected chi connectivity index (χ2v) is 6.83. The quantitative estimate of drug-likeness (QED) is 0.377. The van der Waals surface area contributed by atoms with E-state index in [1.807, 2.05) is 48.6 Å². The minimum absolute atomic E-state index is 0.183. The van der Waals surface area contributed by atoms with Gasteiger partial charge in [-0.3, -0.25) is 4.79 Å². The van der Waals surface area contributed by atoms with Crippen LogP contribution >= 0.6 is 0 Å². The van der Waals surface area contributed by atoms with Crippen LogP contribution in [0.25, 0.3) is 18.2 Å². The molecule has 0 saturated carbocycles. The third kappa shape index (κ3) is 5.92. The van der Waals surface area contributed by atoms with Crippen molar-refractivity contribution in [1.82, 2.24) is 0 Å². The molecule has 0 aliphatic carbocycles. The van der Waals surface area contributed by atoms with Crippen molar-refractivity contribution in [2.24, 2.45) is 0 Å². The molecule has 0 aliphatic heterocycles. The van der Waals surface area contributed by atoms with E-state index in [1.54, 1.807) is 51.7 Å². The molecule has 0 radical (unpaired) electrons. The van der Waals surface area contributed by atoms with Crippen molar-refractivity contribution in [2.45, 2.75) is 0 Å². The summed E-state index contributed by atoms with van der Waals surface area (Å²) in [5, 5.41) is 12.2. The van der Waals surface area contributed by atoms with Crippen LogP contribution in [-0.2, 0) is 4.79 Å². The molecule has 1 amide bonds. The first-order valence-electron chi connectivity index (χ1n) is 9.88. The van der Waals surface area contributed by atoms with Crippen molar-refractivity contribution in [2.75, 3.05) is 26.6 Å². The van der Waals surface area contributed by atoms with Gasteiger partial charge < -0.3 is 24.6 Å². The van der Waals surface area contributed by atoms with Crippen molar-refractivity contribution in [3.05, 3.63) is 83.4 Å². The normalized spacial score (nSPS) is 11.0. The molecule has 164 valence electrons. The molecule has 6 nitrogen and oxygen atoms in total. The fraction of sp³-hybridized carbons (Fsp3) is 0.115. The lowest BCUT2D eigenvalue weighted by Gasteiger charge is -2.12. The maximum Gasteiger partial charge on any atom is 0.248 e. The number of phenols is 1. The molecule has 0 aromatic heterocycles. The highest BCUT2D eigenvalue weighted by Gasteiger charge is 2.12. The van der Waals surface area contributed by atoms with E-state index in [1.165, 1.54) is 6.08 Å². The summed E-state index contributed by atoms with van der Waals surface area (Å²) in [5.41, 5.74) is 3.29. The molecule has 0 bridgehead atoms. The van der Waals surface area contributed by atoms with Crippen LogP contribution in [0.1, 0.15) is 16.7 Å². The van der Waals surface area contributed by atoms with E-state index in [4.69, 9.17) is 14.2 Å². The van der Waals surface area contributed by atoms with Gasteiger partial charge in [0.1, 0.15) is 5.75 Å². The number of phenolic OH excluding ortho intramolecular Hbond substituents is 1. The second kappa shape index (κ2) is 10.7. The highest BCUT2D eigenvalue weighted by atomic mass is 16.5. The number of anilines is 1. The molecule has 0 saturated heterocycles. The number of nitrogens with one attached hydrogen (secondary N) is 1. The summed E-state index contributed by atoms with van der Waals surface area (Å²) in [4.78, 5) is 12.2. The highest BCUT2D eigenvalue weighted by molar-refractivity contribution is 6.02. The largest absolute Gasteiger partial charge is 0.508 e. The van der Waals surface area contributed by atoms with Crippen molar-refractivity contribution in [3.63, 3.8) is 0 Å². The van der Waals surface area contributed by atoms with Crippen molar-refractivity contribution >= 4 is 29.8 Å². The maximum absolute atomic E-state index is 12.2. The highest BCUT2D eigenvalue weighted by Crippen LogP contribution is 2.38. The molecule has 6 heteroatoms. The lowest BCUT2D eigenvalue weighted by molar-refractivity contribution is -0.111. The Morgan fingerprint density at radius 2 is 1.44 bits per heavy atom. The molecule has 0 spiro atoms. The van der Waals surface area contributed by atoms with Crippen LogP contribution in [0.5, 0.6) is 23.0 Å². The molecular formula is C26H25NO5. The number of amides is 1. The fourth-order valence-electron chi connectivity index (χ4n) is 3.05. The van der Waals surface area contributed by atoms with Crippen LogP contribution in [0.2, 0.25) is 0 Å². The molecule has 0 fully saturated rings. The molecular weight excluding hydrogens is 406 g/mol. The minimum Gasteiger partial charge on any atom is -0.508 e. The Balaban J connectivity index is 1.71. The van der Waals surface area contributed by atoms with E-state index in [0.29, 0.717) is 22.9 Å². The summed E-state index contributed by atoms with van der Waals surface area (Å²) in [6, 6.07) is 17.8. The van der Waals surface area contributed by atoms with Gasteiger partial charge in [-0.05, 0) is 59.2 Å². The van der Waals surface area contributed by atoms with Gasteiger partial charge in [0.15, 0.2) is 11.5 Å². The topological polar surface area (TPSA) is 77.0 Å². The third-order valence-electron chi connectivity index (χ3n) is 4.63. The zero-order chi connectivity index (χ0) is 22.9. The van der Waals surface area contributed by atoms with Gasteiger partial charge in [-0.25, -0.2) is 0 Å². The van der Waals surface area contributed by atoms with Gasteiger partial charge >= 0.3 is 0 Å². The second-order valence-electron chi connectivity index (χ2n) is 6.83. The summed E-state index contributed by atoms with van der Waals surface area (Å²) in [6.45, 7) is 0. The van der Waals surface area contributed by atoms with E-state index in [9.17, 15) is 9.90 Å². The lowest BCUT2D eigenvalue weighted by Crippen LogP contribution is -2.07. The smallest absolute Gasteiger partial charge is 0.248 e. The van der Waals surface area contributed by atoms with Crippen molar-refractivity contribution in [1.29, 1.82) is 0 Å². The number of benzene rings is 3. The molecule has 0 unspecified atom stereocenters. The third-order valence-corrected chi connectivity index (χ3v) is 4.63. The standard InChI is InChI=1S/C26H25NO5/c1-30-23-16-20(17-24(31-2)26(23)32-3)8-7-19-5-4-6-21(15-19)27-25(29)14-11-18-9-12-22(28)13-10-18/h4-17,28H,1-3H3,(H,27,29)/b8-7?,14-11+. The van der Waals surface area contributed by atoms with E-state index >= 15 is 0 Å². The molecule has 3 aromatic rings. The molecule has 3 aromatic carbocycles. The van der Waals surface area contributed by atoms with Crippen molar-refractivity contribution < 1.29 is 24.1 Å². The summed E-state index contributed by atoms with van der Waals surface area (Å²) in [7, 11) is 4.72. The van der Waals surface area contributed by atoms with Gasteiger partial charge in [-0.15, -0.1) is 0 Å². The molecule has 0 aliphatic rings. The van der Waals surface area contributed by atoms with Gasteiger partial charge in [0, 0.05) is 11.8 Å². The van der Waals surface area contributed by atoms with E-state index in [0.717, 1.165) is 16.7 Å². The van der Waals surface area contributed by atoms with Gasteiger partial charge in [-0.1, -0.05) is 36.4 Å². The predicted molar refractivity (Wildman–Crippen MR) is 127 cm³/mol. The van der Waals surface area contributed by atoms with Gasteiger partial charge in [0.05, 0.1) is 21.3 Å². The number of carbonyl (C=O) groups is 1. The Kier molecular flexibility index (Phi) is 7.54. The maximum atomic E-state index is 12.2. The SMILES string of the molecule is COc1cc(C=Cc2cccc(NC(=O)/C=C/c3ccc(O)cc3)c2)cc(OC)c1OC. The first-order valence-corrected chi connectivity index (χ1v) is 9.88. The monoisotopic (exact) mass is 431 g/mol. The molecule has 32 heavy (non-hydrogen) atoms. The zero-order valence-electron chi connectivity index (χ0n) is 18.2. The molecule has 2 N–H and O–H groups in total. The first kappa shape index (κ1) is 22.5. The number of hydrogen-bond acceptors (Lipinski definition) is 5. The number of carbonyl (C=O) groups excluding carboxylic acids is 1. The number of hydrogen-bond donors (Lipinski definition) is 2. The predicted octanol–water partition coefficient (Wildman–Crippen LogP) is 5.24. The molecule has 0 heterocycles. The summed E-state index contributed by atoms with van der Waals surface area (Å²) < 4.78 is 16.1. The fourth-order valence-corrected chi connectivity index (χ4v) is 3.05. The lowest BCUT2D eigenvalue weighted by atomic mass is 10.1. The van der Waals surface area contributed by atoms with E-state index < -0.39 is 0 Å². The number of methoxy groups -OCH3 is 3. The summed E-state index contributed by atoms with van der Waals surface area (Å²) >= 11 is 0. The Bertz CT molecular complexity index is 1110. The van der Waals surface area contributed by atoms with Crippen LogP contribution in [0.15, 0.2) is 66.7 Å². The Morgan fingerprint density at radius 1 is 0.781 bits per heavy atom. The van der Waals surface area contributed by atoms with Crippen LogP contribution in [0.4, 0.5) is 5.69 Å². The van der Waals surface area contributed by atoms with E-state index in [-0.39, 0.29) is 11.7 Å². The summed E-state index contributed by atoms with van der Waals surface area (Å²) in [6.07, 6.45) is 6.99. The Hall–Kier alpha value is -4.19. The zero-order valence-corrected chi connectivity index (χ0v) is 18.2.